The van der Waals surface area contributed by atoms with Gasteiger partial charge in [-0.25, -0.2) is 4.98 Å². The zero-order chi connectivity index (χ0) is 11.7. The average molecular weight is 250 g/mol. The Morgan fingerprint density at radius 1 is 1.18 bits per heavy atom. The van der Waals surface area contributed by atoms with Crippen molar-refractivity contribution in [2.24, 2.45) is 0 Å². The zero-order valence-corrected chi connectivity index (χ0v) is 11.5. The first kappa shape index (κ1) is 11.7. The van der Waals surface area contributed by atoms with Gasteiger partial charge in [-0.2, -0.15) is 0 Å². The summed E-state index contributed by atoms with van der Waals surface area (Å²) in [5, 5.41) is 5.08. The lowest BCUT2D eigenvalue weighted by Gasteiger charge is -2.16. The molecule has 1 atom stereocenters. The number of nitrogens with one attached hydrogen (secondary N) is 1. The van der Waals surface area contributed by atoms with Crippen LogP contribution in [0.4, 0.5) is 0 Å². The van der Waals surface area contributed by atoms with Gasteiger partial charge in [-0.3, -0.25) is 0 Å². The van der Waals surface area contributed by atoms with Gasteiger partial charge in [0.15, 0.2) is 0 Å². The third-order valence-electron chi connectivity index (χ3n) is 4.07. The van der Waals surface area contributed by atoms with Crippen molar-refractivity contribution in [2.45, 2.75) is 70.4 Å². The van der Waals surface area contributed by atoms with Crippen LogP contribution in [0, 0.1) is 0 Å². The van der Waals surface area contributed by atoms with Crippen molar-refractivity contribution in [2.75, 3.05) is 0 Å². The monoisotopic (exact) mass is 250 g/mol. The van der Waals surface area contributed by atoms with E-state index in [9.17, 15) is 0 Å². The largest absolute Gasteiger partial charge is 0.305 e. The summed E-state index contributed by atoms with van der Waals surface area (Å²) in [6.07, 6.45) is 10.7. The minimum Gasteiger partial charge on any atom is -0.305 e. The second-order valence-corrected chi connectivity index (χ2v) is 6.61. The Kier molecular flexibility index (Phi) is 3.48. The molecule has 0 amide bonds. The molecule has 0 spiro atoms. The number of aromatic nitrogens is 1. The Morgan fingerprint density at radius 2 is 1.94 bits per heavy atom. The van der Waals surface area contributed by atoms with E-state index in [1.54, 1.807) is 4.88 Å². The minimum absolute atomic E-state index is 0.452. The molecule has 0 bridgehead atoms. The highest BCUT2D eigenvalue weighted by atomic mass is 32.1. The molecule has 0 aliphatic heterocycles. The Hall–Kier alpha value is -0.410. The summed E-state index contributed by atoms with van der Waals surface area (Å²) in [5.41, 5.74) is 1.40. The number of rotatable bonds is 3. The topological polar surface area (TPSA) is 24.9 Å². The van der Waals surface area contributed by atoms with Crippen LogP contribution in [0.5, 0.6) is 0 Å². The van der Waals surface area contributed by atoms with E-state index < -0.39 is 0 Å². The minimum atomic E-state index is 0.452. The molecule has 0 aromatic carbocycles. The maximum atomic E-state index is 4.85. The van der Waals surface area contributed by atoms with E-state index in [-0.39, 0.29) is 0 Å². The first-order valence-corrected chi connectivity index (χ1v) is 7.89. The SMILES string of the molecule is CC(NC1CCCC1)c1nc2c(s1)CCCC2. The second kappa shape index (κ2) is 5.07. The van der Waals surface area contributed by atoms with Gasteiger partial charge in [-0.15, -0.1) is 11.3 Å². The van der Waals surface area contributed by atoms with Gasteiger partial charge in [0.1, 0.15) is 5.01 Å². The quantitative estimate of drug-likeness (QED) is 0.886. The molecule has 2 aliphatic rings. The van der Waals surface area contributed by atoms with Gasteiger partial charge in [0, 0.05) is 10.9 Å². The van der Waals surface area contributed by atoms with E-state index in [4.69, 9.17) is 4.98 Å². The molecule has 2 aliphatic carbocycles. The predicted molar refractivity (Wildman–Crippen MR) is 72.6 cm³/mol. The summed E-state index contributed by atoms with van der Waals surface area (Å²) >= 11 is 1.95. The number of fused-ring (bicyclic) bond motifs is 1. The Morgan fingerprint density at radius 3 is 2.71 bits per heavy atom. The fourth-order valence-electron chi connectivity index (χ4n) is 3.07. The van der Waals surface area contributed by atoms with Crippen LogP contribution in [0.1, 0.15) is 67.1 Å². The predicted octanol–water partition coefficient (Wildman–Crippen LogP) is 3.62. The third kappa shape index (κ3) is 2.55. The molecule has 1 fully saturated rings. The molecule has 1 aromatic heterocycles. The van der Waals surface area contributed by atoms with E-state index in [2.05, 4.69) is 12.2 Å². The summed E-state index contributed by atoms with van der Waals surface area (Å²) in [5.74, 6) is 0. The molecule has 3 rings (SSSR count). The Labute approximate surface area is 108 Å². The lowest BCUT2D eigenvalue weighted by Crippen LogP contribution is -2.28. The molecule has 0 saturated heterocycles. The van der Waals surface area contributed by atoms with Crippen LogP contribution < -0.4 is 5.32 Å². The lowest BCUT2D eigenvalue weighted by atomic mass is 10.0. The molecule has 1 N–H and O–H groups in total. The second-order valence-electron chi connectivity index (χ2n) is 5.50. The van der Waals surface area contributed by atoms with E-state index in [0.717, 1.165) is 6.04 Å². The number of aryl methyl sites for hydroxylation is 2. The number of thiazole rings is 1. The highest BCUT2D eigenvalue weighted by Gasteiger charge is 2.21. The van der Waals surface area contributed by atoms with E-state index in [0.29, 0.717) is 6.04 Å². The van der Waals surface area contributed by atoms with Gasteiger partial charge in [0.2, 0.25) is 0 Å². The van der Waals surface area contributed by atoms with Crippen molar-refractivity contribution in [3.05, 3.63) is 15.6 Å². The molecule has 1 saturated carbocycles. The lowest BCUT2D eigenvalue weighted by molar-refractivity contribution is 0.459. The molecular weight excluding hydrogens is 228 g/mol. The molecule has 3 heteroatoms. The van der Waals surface area contributed by atoms with Gasteiger partial charge in [-0.05, 0) is 45.4 Å². The Balaban J connectivity index is 1.67. The zero-order valence-electron chi connectivity index (χ0n) is 10.7. The molecule has 1 unspecified atom stereocenters. The first-order chi connectivity index (χ1) is 8.33. The average Bonchev–Trinajstić information content (AvgIpc) is 2.96. The van der Waals surface area contributed by atoms with Crippen molar-refractivity contribution < 1.29 is 0 Å². The highest BCUT2D eigenvalue weighted by Crippen LogP contribution is 2.30. The van der Waals surface area contributed by atoms with Crippen molar-refractivity contribution in [3.63, 3.8) is 0 Å². The summed E-state index contributed by atoms with van der Waals surface area (Å²) in [4.78, 5) is 6.41. The summed E-state index contributed by atoms with van der Waals surface area (Å²) in [7, 11) is 0. The van der Waals surface area contributed by atoms with Crippen LogP contribution in [-0.4, -0.2) is 11.0 Å². The normalized spacial score (nSPS) is 22.6. The molecular formula is C14H22N2S. The van der Waals surface area contributed by atoms with E-state index in [1.807, 2.05) is 11.3 Å². The summed E-state index contributed by atoms with van der Waals surface area (Å²) in [6.45, 7) is 2.28. The smallest absolute Gasteiger partial charge is 0.110 e. The number of nitrogens with zero attached hydrogens (tertiary/aromatic N) is 1. The fraction of sp³-hybridized carbons (Fsp3) is 0.786. The molecule has 1 heterocycles. The van der Waals surface area contributed by atoms with Crippen molar-refractivity contribution in [3.8, 4) is 0 Å². The Bertz CT molecular complexity index is 356. The van der Waals surface area contributed by atoms with Gasteiger partial charge in [0.05, 0.1) is 11.7 Å². The molecule has 17 heavy (non-hydrogen) atoms. The van der Waals surface area contributed by atoms with Crippen LogP contribution >= 0.6 is 11.3 Å². The van der Waals surface area contributed by atoms with Crippen LogP contribution in [0.2, 0.25) is 0 Å². The first-order valence-electron chi connectivity index (χ1n) is 7.07. The van der Waals surface area contributed by atoms with Crippen LogP contribution in [0.15, 0.2) is 0 Å². The molecule has 2 nitrogen and oxygen atoms in total. The molecule has 0 radical (unpaired) electrons. The highest BCUT2D eigenvalue weighted by molar-refractivity contribution is 7.11. The van der Waals surface area contributed by atoms with Gasteiger partial charge in [0.25, 0.3) is 0 Å². The van der Waals surface area contributed by atoms with Crippen molar-refractivity contribution in [1.82, 2.24) is 10.3 Å². The number of hydrogen-bond donors (Lipinski definition) is 1. The van der Waals surface area contributed by atoms with Crippen LogP contribution in [0.25, 0.3) is 0 Å². The third-order valence-corrected chi connectivity index (χ3v) is 5.41. The summed E-state index contributed by atoms with van der Waals surface area (Å²) in [6, 6.07) is 1.19. The van der Waals surface area contributed by atoms with Crippen LogP contribution in [-0.2, 0) is 12.8 Å². The standard InChI is InChI=1S/C14H22N2S/c1-10(15-11-6-2-3-7-11)14-16-12-8-4-5-9-13(12)17-14/h10-11,15H,2-9H2,1H3. The molecule has 94 valence electrons. The van der Waals surface area contributed by atoms with Gasteiger partial charge >= 0.3 is 0 Å². The van der Waals surface area contributed by atoms with Gasteiger partial charge < -0.3 is 5.32 Å². The summed E-state index contributed by atoms with van der Waals surface area (Å²) < 4.78 is 0. The number of hydrogen-bond acceptors (Lipinski definition) is 3. The van der Waals surface area contributed by atoms with Crippen molar-refractivity contribution in [1.29, 1.82) is 0 Å². The van der Waals surface area contributed by atoms with Crippen LogP contribution in [0.3, 0.4) is 0 Å². The van der Waals surface area contributed by atoms with E-state index >= 15 is 0 Å². The van der Waals surface area contributed by atoms with Gasteiger partial charge in [-0.1, -0.05) is 12.8 Å². The fourth-order valence-corrected chi connectivity index (χ4v) is 4.24. The van der Waals surface area contributed by atoms with Crippen molar-refractivity contribution >= 4 is 11.3 Å². The molecule has 1 aromatic rings. The maximum Gasteiger partial charge on any atom is 0.110 e. The maximum absolute atomic E-state index is 4.85. The van der Waals surface area contributed by atoms with E-state index in [1.165, 1.54) is 62.1 Å².